The molecule has 2 heteroatoms. The van der Waals surface area contributed by atoms with E-state index in [1.807, 2.05) is 32.0 Å². The smallest absolute Gasteiger partial charge is 0.0948 e. The minimum absolute atomic E-state index is 0.0915. The first-order valence-corrected chi connectivity index (χ1v) is 8.90. The highest BCUT2D eigenvalue weighted by Crippen LogP contribution is 2.36. The Morgan fingerprint density at radius 2 is 0.960 bits per heavy atom. The van der Waals surface area contributed by atoms with E-state index in [4.69, 9.17) is 0 Å². The van der Waals surface area contributed by atoms with Crippen molar-refractivity contribution in [3.8, 4) is 0 Å². The standard InChI is InChI=1S/C21H21NO.C2H6/c23-17-16-22-21(18-10-4-1-5-11-18,19-12-6-2-7-13-19)20-14-8-3-9-15-20;1-2/h1-15,22-23H,16-17H2;1-2H3. The molecule has 0 spiro atoms. The number of rotatable bonds is 6. The van der Waals surface area contributed by atoms with Crippen LogP contribution >= 0.6 is 0 Å². The molecule has 0 atom stereocenters. The van der Waals surface area contributed by atoms with Gasteiger partial charge in [-0.15, -0.1) is 0 Å². The van der Waals surface area contributed by atoms with Gasteiger partial charge in [0.1, 0.15) is 0 Å². The molecule has 25 heavy (non-hydrogen) atoms. The van der Waals surface area contributed by atoms with E-state index in [0.717, 1.165) is 16.7 Å². The predicted octanol–water partition coefficient (Wildman–Crippen LogP) is 4.59. The van der Waals surface area contributed by atoms with Gasteiger partial charge < -0.3 is 5.11 Å². The summed E-state index contributed by atoms with van der Waals surface area (Å²) in [6.45, 7) is 4.60. The first-order valence-electron chi connectivity index (χ1n) is 8.90. The van der Waals surface area contributed by atoms with E-state index in [-0.39, 0.29) is 6.61 Å². The molecule has 0 aromatic heterocycles. The molecule has 0 amide bonds. The van der Waals surface area contributed by atoms with Crippen LogP contribution in [0.2, 0.25) is 0 Å². The van der Waals surface area contributed by atoms with Crippen LogP contribution in [0.15, 0.2) is 91.0 Å². The van der Waals surface area contributed by atoms with Gasteiger partial charge in [0.25, 0.3) is 0 Å². The fraction of sp³-hybridized carbons (Fsp3) is 0.217. The zero-order chi connectivity index (χ0) is 18.0. The molecule has 0 saturated heterocycles. The van der Waals surface area contributed by atoms with Crippen molar-refractivity contribution in [3.05, 3.63) is 108 Å². The van der Waals surface area contributed by atoms with Crippen molar-refractivity contribution >= 4 is 0 Å². The largest absolute Gasteiger partial charge is 0.395 e. The third-order valence-corrected chi connectivity index (χ3v) is 4.12. The summed E-state index contributed by atoms with van der Waals surface area (Å²) in [6.07, 6.45) is 0. The second kappa shape index (κ2) is 9.77. The van der Waals surface area contributed by atoms with Gasteiger partial charge in [-0.25, -0.2) is 0 Å². The van der Waals surface area contributed by atoms with Crippen LogP contribution in [-0.2, 0) is 5.54 Å². The van der Waals surface area contributed by atoms with E-state index in [1.54, 1.807) is 0 Å². The molecule has 2 nitrogen and oxygen atoms in total. The molecular formula is C23H27NO. The molecule has 3 aromatic carbocycles. The molecule has 0 unspecified atom stereocenters. The number of aliphatic hydroxyl groups excluding tert-OH is 1. The molecule has 0 heterocycles. The number of hydrogen-bond acceptors (Lipinski definition) is 2. The van der Waals surface area contributed by atoms with Crippen molar-refractivity contribution in [1.29, 1.82) is 0 Å². The maximum Gasteiger partial charge on any atom is 0.0948 e. The average Bonchev–Trinajstić information content (AvgIpc) is 2.72. The van der Waals surface area contributed by atoms with Gasteiger partial charge in [-0.1, -0.05) is 105 Å². The normalized spacial score (nSPS) is 10.7. The molecule has 0 bridgehead atoms. The highest BCUT2D eigenvalue weighted by molar-refractivity contribution is 5.49. The maximum atomic E-state index is 9.41. The number of aliphatic hydroxyl groups is 1. The van der Waals surface area contributed by atoms with Crippen molar-refractivity contribution in [2.45, 2.75) is 19.4 Å². The molecule has 2 N–H and O–H groups in total. The Hall–Kier alpha value is -2.42. The maximum absolute atomic E-state index is 9.41. The topological polar surface area (TPSA) is 32.3 Å². The summed E-state index contributed by atoms with van der Waals surface area (Å²) in [6, 6.07) is 31.2. The molecule has 130 valence electrons. The summed E-state index contributed by atoms with van der Waals surface area (Å²) < 4.78 is 0. The molecule has 0 radical (unpaired) electrons. The lowest BCUT2D eigenvalue weighted by Gasteiger charge is -2.37. The first-order chi connectivity index (χ1) is 12.4. The van der Waals surface area contributed by atoms with E-state index in [2.05, 4.69) is 78.1 Å². The van der Waals surface area contributed by atoms with Crippen molar-refractivity contribution < 1.29 is 5.11 Å². The molecule has 0 saturated carbocycles. The second-order valence-corrected chi connectivity index (χ2v) is 5.50. The van der Waals surface area contributed by atoms with Crippen LogP contribution in [0.1, 0.15) is 30.5 Å². The van der Waals surface area contributed by atoms with Gasteiger partial charge in [0, 0.05) is 6.54 Å². The Kier molecular flexibility index (Phi) is 7.39. The molecule has 3 rings (SSSR count). The van der Waals surface area contributed by atoms with Crippen LogP contribution in [0.25, 0.3) is 0 Å². The highest BCUT2D eigenvalue weighted by atomic mass is 16.3. The highest BCUT2D eigenvalue weighted by Gasteiger charge is 2.35. The molecular weight excluding hydrogens is 306 g/mol. The molecule has 0 aliphatic rings. The first kappa shape index (κ1) is 18.9. The lowest BCUT2D eigenvalue weighted by atomic mass is 9.77. The van der Waals surface area contributed by atoms with E-state index in [0.29, 0.717) is 6.54 Å². The zero-order valence-corrected chi connectivity index (χ0v) is 15.0. The summed E-state index contributed by atoms with van der Waals surface area (Å²) >= 11 is 0. The molecule has 0 aliphatic carbocycles. The third kappa shape index (κ3) is 4.16. The lowest BCUT2D eigenvalue weighted by molar-refractivity contribution is 0.277. The van der Waals surface area contributed by atoms with E-state index in [1.165, 1.54) is 0 Å². The summed E-state index contributed by atoms with van der Waals surface area (Å²) in [5.41, 5.74) is 2.99. The molecule has 3 aromatic rings. The monoisotopic (exact) mass is 333 g/mol. The average molecular weight is 333 g/mol. The van der Waals surface area contributed by atoms with Crippen LogP contribution in [0.3, 0.4) is 0 Å². The predicted molar refractivity (Wildman–Crippen MR) is 106 cm³/mol. The number of hydrogen-bond donors (Lipinski definition) is 2. The van der Waals surface area contributed by atoms with Crippen LogP contribution in [0.4, 0.5) is 0 Å². The minimum atomic E-state index is -0.480. The van der Waals surface area contributed by atoms with Crippen LogP contribution in [-0.4, -0.2) is 18.3 Å². The minimum Gasteiger partial charge on any atom is -0.395 e. The van der Waals surface area contributed by atoms with Crippen molar-refractivity contribution in [1.82, 2.24) is 5.32 Å². The Labute approximate surface area is 151 Å². The Morgan fingerprint density at radius 3 is 1.24 bits per heavy atom. The summed E-state index contributed by atoms with van der Waals surface area (Å²) in [4.78, 5) is 0. The zero-order valence-electron chi connectivity index (χ0n) is 15.0. The molecule has 0 fully saturated rings. The number of benzene rings is 3. The van der Waals surface area contributed by atoms with Gasteiger partial charge in [0.05, 0.1) is 12.1 Å². The SMILES string of the molecule is CC.OCCNC(c1ccccc1)(c1ccccc1)c1ccccc1. The van der Waals surface area contributed by atoms with Crippen molar-refractivity contribution in [3.63, 3.8) is 0 Å². The quantitative estimate of drug-likeness (QED) is 0.647. The number of nitrogens with one attached hydrogen (secondary N) is 1. The van der Waals surface area contributed by atoms with Crippen LogP contribution < -0.4 is 5.32 Å². The van der Waals surface area contributed by atoms with Gasteiger partial charge in [-0.05, 0) is 16.7 Å². The second-order valence-electron chi connectivity index (χ2n) is 5.50. The lowest BCUT2D eigenvalue weighted by Crippen LogP contribution is -2.45. The fourth-order valence-corrected chi connectivity index (χ4v) is 3.11. The van der Waals surface area contributed by atoms with E-state index < -0.39 is 5.54 Å². The Bertz CT molecular complexity index is 614. The van der Waals surface area contributed by atoms with Crippen molar-refractivity contribution in [2.24, 2.45) is 0 Å². The van der Waals surface area contributed by atoms with Gasteiger partial charge in [0.2, 0.25) is 0 Å². The van der Waals surface area contributed by atoms with Crippen LogP contribution in [0.5, 0.6) is 0 Å². The van der Waals surface area contributed by atoms with Gasteiger partial charge in [0.15, 0.2) is 0 Å². The summed E-state index contributed by atoms with van der Waals surface area (Å²) in [5, 5.41) is 13.0. The summed E-state index contributed by atoms with van der Waals surface area (Å²) in [7, 11) is 0. The van der Waals surface area contributed by atoms with E-state index >= 15 is 0 Å². The van der Waals surface area contributed by atoms with Gasteiger partial charge in [-0.2, -0.15) is 0 Å². The van der Waals surface area contributed by atoms with Gasteiger partial charge in [-0.3, -0.25) is 5.32 Å². The van der Waals surface area contributed by atoms with E-state index in [9.17, 15) is 5.11 Å². The fourth-order valence-electron chi connectivity index (χ4n) is 3.11. The Balaban J connectivity index is 0.00000109. The molecule has 0 aliphatic heterocycles. The van der Waals surface area contributed by atoms with Crippen LogP contribution in [0, 0.1) is 0 Å². The summed E-state index contributed by atoms with van der Waals surface area (Å²) in [5.74, 6) is 0. The van der Waals surface area contributed by atoms with Crippen molar-refractivity contribution in [2.75, 3.05) is 13.2 Å². The Morgan fingerprint density at radius 1 is 0.640 bits per heavy atom. The third-order valence-electron chi connectivity index (χ3n) is 4.12. The van der Waals surface area contributed by atoms with Gasteiger partial charge >= 0.3 is 0 Å².